The SMILES string of the molecule is CCNC(=O)c1cccc(CN=C(N)N2CCOCC2)c1.I. The zero-order valence-corrected chi connectivity index (χ0v) is 15.1. The molecule has 7 heteroatoms. The smallest absolute Gasteiger partial charge is 0.251 e. The van der Waals surface area contributed by atoms with Crippen molar-refractivity contribution in [2.24, 2.45) is 10.7 Å². The minimum atomic E-state index is -0.0653. The summed E-state index contributed by atoms with van der Waals surface area (Å²) in [5, 5.41) is 2.78. The largest absolute Gasteiger partial charge is 0.378 e. The molecule has 1 aliphatic heterocycles. The monoisotopic (exact) mass is 418 g/mol. The second-order valence-corrected chi connectivity index (χ2v) is 4.83. The number of carbonyl (C=O) groups excluding carboxylic acids is 1. The molecule has 22 heavy (non-hydrogen) atoms. The Morgan fingerprint density at radius 3 is 2.82 bits per heavy atom. The lowest BCUT2D eigenvalue weighted by Crippen LogP contribution is -2.44. The Morgan fingerprint density at radius 1 is 1.41 bits per heavy atom. The van der Waals surface area contributed by atoms with Crippen molar-refractivity contribution in [2.45, 2.75) is 13.5 Å². The van der Waals surface area contributed by atoms with Crippen molar-refractivity contribution in [3.05, 3.63) is 35.4 Å². The summed E-state index contributed by atoms with van der Waals surface area (Å²) in [5.41, 5.74) is 7.60. The van der Waals surface area contributed by atoms with Crippen LogP contribution < -0.4 is 11.1 Å². The molecular formula is C15H23IN4O2. The van der Waals surface area contributed by atoms with Crippen molar-refractivity contribution < 1.29 is 9.53 Å². The quantitative estimate of drug-likeness (QED) is 0.438. The highest BCUT2D eigenvalue weighted by Gasteiger charge is 2.12. The molecule has 0 atom stereocenters. The Kier molecular flexibility index (Phi) is 8.18. The number of nitrogens with zero attached hydrogens (tertiary/aromatic N) is 2. The highest BCUT2D eigenvalue weighted by atomic mass is 127. The second kappa shape index (κ2) is 9.62. The van der Waals surface area contributed by atoms with Gasteiger partial charge in [0.25, 0.3) is 5.91 Å². The van der Waals surface area contributed by atoms with Crippen LogP contribution in [0.4, 0.5) is 0 Å². The zero-order chi connectivity index (χ0) is 15.1. The topological polar surface area (TPSA) is 80.0 Å². The molecular weight excluding hydrogens is 395 g/mol. The van der Waals surface area contributed by atoms with Crippen LogP contribution >= 0.6 is 24.0 Å². The fraction of sp³-hybridized carbons (Fsp3) is 0.467. The van der Waals surface area contributed by atoms with Crippen molar-refractivity contribution in [3.63, 3.8) is 0 Å². The maximum Gasteiger partial charge on any atom is 0.251 e. The number of hydrogen-bond acceptors (Lipinski definition) is 3. The van der Waals surface area contributed by atoms with E-state index in [1.807, 2.05) is 30.0 Å². The van der Waals surface area contributed by atoms with Crippen molar-refractivity contribution >= 4 is 35.8 Å². The first-order chi connectivity index (χ1) is 10.2. The molecule has 2 rings (SSSR count). The van der Waals surface area contributed by atoms with Crippen LogP contribution in [0.5, 0.6) is 0 Å². The van der Waals surface area contributed by atoms with Crippen LogP contribution in [0.3, 0.4) is 0 Å². The minimum absolute atomic E-state index is 0. The van der Waals surface area contributed by atoms with Gasteiger partial charge < -0.3 is 20.7 Å². The minimum Gasteiger partial charge on any atom is -0.378 e. The fourth-order valence-corrected chi connectivity index (χ4v) is 2.14. The lowest BCUT2D eigenvalue weighted by Gasteiger charge is -2.27. The number of benzene rings is 1. The van der Waals surface area contributed by atoms with Gasteiger partial charge in [0, 0.05) is 25.2 Å². The molecule has 1 aromatic carbocycles. The van der Waals surface area contributed by atoms with E-state index in [0.717, 1.165) is 18.7 Å². The van der Waals surface area contributed by atoms with Gasteiger partial charge in [0.2, 0.25) is 0 Å². The molecule has 6 nitrogen and oxygen atoms in total. The summed E-state index contributed by atoms with van der Waals surface area (Å²) in [6.45, 7) is 5.89. The lowest BCUT2D eigenvalue weighted by molar-refractivity contribution is 0.0674. The first-order valence-corrected chi connectivity index (χ1v) is 7.20. The molecule has 0 spiro atoms. The van der Waals surface area contributed by atoms with Crippen LogP contribution in [-0.2, 0) is 11.3 Å². The zero-order valence-electron chi connectivity index (χ0n) is 12.7. The number of amides is 1. The number of morpholine rings is 1. The van der Waals surface area contributed by atoms with Gasteiger partial charge >= 0.3 is 0 Å². The third kappa shape index (κ3) is 5.45. The summed E-state index contributed by atoms with van der Waals surface area (Å²) in [6, 6.07) is 7.45. The predicted molar refractivity (Wildman–Crippen MR) is 97.6 cm³/mol. The number of carbonyl (C=O) groups is 1. The molecule has 0 saturated carbocycles. The summed E-state index contributed by atoms with van der Waals surface area (Å²) in [6.07, 6.45) is 0. The fourth-order valence-electron chi connectivity index (χ4n) is 2.14. The lowest BCUT2D eigenvalue weighted by atomic mass is 10.1. The molecule has 122 valence electrons. The second-order valence-electron chi connectivity index (χ2n) is 4.83. The van der Waals surface area contributed by atoms with Crippen molar-refractivity contribution in [2.75, 3.05) is 32.8 Å². The van der Waals surface area contributed by atoms with Crippen molar-refractivity contribution in [1.82, 2.24) is 10.2 Å². The normalized spacial score (nSPS) is 15.1. The van der Waals surface area contributed by atoms with Gasteiger partial charge in [0.05, 0.1) is 19.8 Å². The van der Waals surface area contributed by atoms with Crippen molar-refractivity contribution in [1.29, 1.82) is 0 Å². The van der Waals surface area contributed by atoms with Gasteiger partial charge in [-0.1, -0.05) is 12.1 Å². The highest BCUT2D eigenvalue weighted by molar-refractivity contribution is 14.0. The van der Waals surface area contributed by atoms with Gasteiger partial charge in [-0.25, -0.2) is 4.99 Å². The van der Waals surface area contributed by atoms with Crippen molar-refractivity contribution in [3.8, 4) is 0 Å². The number of aliphatic imine (C=N–C) groups is 1. The third-order valence-electron chi connectivity index (χ3n) is 3.29. The van der Waals surface area contributed by atoms with E-state index in [1.54, 1.807) is 6.07 Å². The number of halogens is 1. The number of nitrogens with one attached hydrogen (secondary N) is 1. The molecule has 0 bridgehead atoms. The van der Waals surface area contributed by atoms with E-state index in [0.29, 0.717) is 37.8 Å². The maximum atomic E-state index is 11.8. The Morgan fingerprint density at radius 2 is 2.14 bits per heavy atom. The van der Waals surface area contributed by atoms with E-state index in [-0.39, 0.29) is 29.9 Å². The molecule has 1 aliphatic rings. The van der Waals surface area contributed by atoms with E-state index in [4.69, 9.17) is 10.5 Å². The van der Waals surface area contributed by atoms with Gasteiger partial charge in [-0.15, -0.1) is 24.0 Å². The number of nitrogens with two attached hydrogens (primary N) is 1. The molecule has 0 aromatic heterocycles. The molecule has 1 saturated heterocycles. The van der Waals surface area contributed by atoms with Gasteiger partial charge in [-0.3, -0.25) is 4.79 Å². The van der Waals surface area contributed by atoms with Crippen LogP contribution in [0.15, 0.2) is 29.3 Å². The van der Waals surface area contributed by atoms with E-state index in [9.17, 15) is 4.79 Å². The summed E-state index contributed by atoms with van der Waals surface area (Å²) in [5.74, 6) is 0.464. The first-order valence-electron chi connectivity index (χ1n) is 7.20. The van der Waals surface area contributed by atoms with Crippen LogP contribution in [0.2, 0.25) is 0 Å². The number of ether oxygens (including phenoxy) is 1. The van der Waals surface area contributed by atoms with Crippen LogP contribution in [0.1, 0.15) is 22.8 Å². The summed E-state index contributed by atoms with van der Waals surface area (Å²) < 4.78 is 5.28. The standard InChI is InChI=1S/C15H22N4O2.HI/c1-2-17-14(20)13-5-3-4-12(10-13)11-18-15(16)19-6-8-21-9-7-19;/h3-5,10H,2,6-9,11H2,1H3,(H2,16,18)(H,17,20);1H. The van der Waals surface area contributed by atoms with Crippen LogP contribution in [-0.4, -0.2) is 49.6 Å². The van der Waals surface area contributed by atoms with Crippen LogP contribution in [0.25, 0.3) is 0 Å². The molecule has 1 aromatic rings. The summed E-state index contributed by atoms with van der Waals surface area (Å²) in [7, 11) is 0. The number of rotatable bonds is 4. The van der Waals surface area contributed by atoms with Crippen LogP contribution in [0, 0.1) is 0 Å². The van der Waals surface area contributed by atoms with E-state index >= 15 is 0 Å². The molecule has 3 N–H and O–H groups in total. The Labute approximate surface area is 148 Å². The molecule has 0 aliphatic carbocycles. The first kappa shape index (κ1) is 18.7. The van der Waals surface area contributed by atoms with Gasteiger partial charge in [-0.05, 0) is 24.6 Å². The molecule has 0 radical (unpaired) electrons. The van der Waals surface area contributed by atoms with Gasteiger partial charge in [0.15, 0.2) is 5.96 Å². The Hall–Kier alpha value is -1.35. The number of hydrogen-bond donors (Lipinski definition) is 2. The third-order valence-corrected chi connectivity index (χ3v) is 3.29. The maximum absolute atomic E-state index is 11.8. The van der Waals surface area contributed by atoms with E-state index in [1.165, 1.54) is 0 Å². The van der Waals surface area contributed by atoms with Gasteiger partial charge in [0.1, 0.15) is 0 Å². The predicted octanol–water partition coefficient (Wildman–Crippen LogP) is 1.20. The van der Waals surface area contributed by atoms with E-state index in [2.05, 4.69) is 10.3 Å². The molecule has 1 heterocycles. The average Bonchev–Trinajstić information content (AvgIpc) is 2.54. The Bertz CT molecular complexity index is 516. The number of guanidine groups is 1. The molecule has 0 unspecified atom stereocenters. The molecule has 1 amide bonds. The van der Waals surface area contributed by atoms with E-state index < -0.39 is 0 Å². The summed E-state index contributed by atoms with van der Waals surface area (Å²) >= 11 is 0. The highest BCUT2D eigenvalue weighted by Crippen LogP contribution is 2.07. The average molecular weight is 418 g/mol. The Balaban J connectivity index is 0.00000242. The molecule has 1 fully saturated rings. The van der Waals surface area contributed by atoms with Gasteiger partial charge in [-0.2, -0.15) is 0 Å². The summed E-state index contributed by atoms with van der Waals surface area (Å²) in [4.78, 5) is 18.2.